The van der Waals surface area contributed by atoms with Crippen molar-refractivity contribution >= 4 is 11.9 Å². The third kappa shape index (κ3) is 3.64. The monoisotopic (exact) mass is 377 g/mol. The van der Waals surface area contributed by atoms with Crippen LogP contribution in [0.25, 0.3) is 11.1 Å². The highest BCUT2D eigenvalue weighted by molar-refractivity contribution is 5.88. The van der Waals surface area contributed by atoms with Crippen molar-refractivity contribution in [2.24, 2.45) is 5.92 Å². The highest BCUT2D eigenvalue weighted by atomic mass is 16.5. The summed E-state index contributed by atoms with van der Waals surface area (Å²) in [7, 11) is 0. The second-order valence-corrected chi connectivity index (χ2v) is 7.00. The minimum atomic E-state index is -0.557. The molecule has 144 valence electrons. The standard InChI is InChI=1S/C22H23N3O3/c1-15-19(21(26)25-11-13-28-14-12-25)20(24-22(27)23-15)18-9-7-17(8-10-18)16-5-3-2-4-6-16/h2-10,19-20H,1,11-14H2,(H2,23,24,27)/t19-,20-/m1/s1. The van der Waals surface area contributed by atoms with Gasteiger partial charge in [-0.1, -0.05) is 61.2 Å². The van der Waals surface area contributed by atoms with Gasteiger partial charge in [0.15, 0.2) is 0 Å². The van der Waals surface area contributed by atoms with E-state index in [2.05, 4.69) is 17.2 Å². The van der Waals surface area contributed by atoms with Crippen molar-refractivity contribution in [1.82, 2.24) is 15.5 Å². The number of carbonyl (C=O) groups is 2. The van der Waals surface area contributed by atoms with E-state index < -0.39 is 12.0 Å². The Hall–Kier alpha value is -3.12. The second kappa shape index (κ2) is 7.86. The molecule has 4 rings (SSSR count). The molecule has 28 heavy (non-hydrogen) atoms. The molecule has 6 heteroatoms. The van der Waals surface area contributed by atoms with Crippen LogP contribution in [-0.4, -0.2) is 43.1 Å². The van der Waals surface area contributed by atoms with Gasteiger partial charge in [-0.15, -0.1) is 0 Å². The molecule has 0 unspecified atom stereocenters. The highest BCUT2D eigenvalue weighted by Gasteiger charge is 2.40. The third-order valence-electron chi connectivity index (χ3n) is 5.24. The molecule has 0 aliphatic carbocycles. The van der Waals surface area contributed by atoms with Crippen LogP contribution in [0.4, 0.5) is 4.79 Å². The van der Waals surface area contributed by atoms with Crippen molar-refractivity contribution in [2.75, 3.05) is 26.3 Å². The van der Waals surface area contributed by atoms with E-state index in [1.54, 1.807) is 4.90 Å². The zero-order valence-electron chi connectivity index (χ0n) is 15.6. The molecule has 2 N–H and O–H groups in total. The maximum atomic E-state index is 13.2. The summed E-state index contributed by atoms with van der Waals surface area (Å²) < 4.78 is 5.35. The number of carbonyl (C=O) groups excluding carboxylic acids is 2. The van der Waals surface area contributed by atoms with Crippen LogP contribution in [0.3, 0.4) is 0 Å². The van der Waals surface area contributed by atoms with E-state index in [1.165, 1.54) is 0 Å². The molecule has 3 amide bonds. The number of ether oxygens (including phenoxy) is 1. The number of nitrogens with zero attached hydrogens (tertiary/aromatic N) is 1. The smallest absolute Gasteiger partial charge is 0.319 e. The Labute approximate surface area is 164 Å². The Balaban J connectivity index is 1.61. The van der Waals surface area contributed by atoms with Gasteiger partial charge in [-0.05, 0) is 16.7 Å². The fourth-order valence-corrected chi connectivity index (χ4v) is 3.75. The average molecular weight is 377 g/mol. The maximum Gasteiger partial charge on any atom is 0.319 e. The molecule has 0 radical (unpaired) electrons. The van der Waals surface area contributed by atoms with Crippen molar-refractivity contribution in [3.63, 3.8) is 0 Å². The fourth-order valence-electron chi connectivity index (χ4n) is 3.75. The number of hydrogen-bond donors (Lipinski definition) is 2. The molecule has 2 atom stereocenters. The molecule has 0 aromatic heterocycles. The number of nitrogens with one attached hydrogen (secondary N) is 2. The lowest BCUT2D eigenvalue weighted by Crippen LogP contribution is -2.55. The molecule has 0 spiro atoms. The summed E-state index contributed by atoms with van der Waals surface area (Å²) in [4.78, 5) is 27.0. The van der Waals surface area contributed by atoms with Gasteiger partial charge in [0.05, 0.1) is 19.3 Å². The lowest BCUT2D eigenvalue weighted by molar-refractivity contribution is -0.139. The average Bonchev–Trinajstić information content (AvgIpc) is 2.74. The van der Waals surface area contributed by atoms with Gasteiger partial charge in [-0.25, -0.2) is 4.79 Å². The Morgan fingerprint density at radius 3 is 2.32 bits per heavy atom. The molecule has 2 aliphatic heterocycles. The topological polar surface area (TPSA) is 70.7 Å². The van der Waals surface area contributed by atoms with Crippen LogP contribution < -0.4 is 10.6 Å². The molecule has 0 bridgehead atoms. The van der Waals surface area contributed by atoms with Gasteiger partial charge in [0.1, 0.15) is 5.92 Å². The number of hydrogen-bond acceptors (Lipinski definition) is 3. The molecule has 2 aliphatic rings. The van der Waals surface area contributed by atoms with Gasteiger partial charge in [-0.2, -0.15) is 0 Å². The van der Waals surface area contributed by atoms with Gasteiger partial charge in [0.25, 0.3) is 0 Å². The third-order valence-corrected chi connectivity index (χ3v) is 5.24. The lowest BCUT2D eigenvalue weighted by atomic mass is 9.87. The Morgan fingerprint density at radius 2 is 1.64 bits per heavy atom. The van der Waals surface area contributed by atoms with E-state index in [0.717, 1.165) is 16.7 Å². The number of benzene rings is 2. The Bertz CT molecular complexity index is 874. The van der Waals surface area contributed by atoms with Crippen LogP contribution in [0.15, 0.2) is 66.9 Å². The predicted molar refractivity (Wildman–Crippen MR) is 106 cm³/mol. The summed E-state index contributed by atoms with van der Waals surface area (Å²) in [6.07, 6.45) is 0. The SMILES string of the molecule is C=C1NC(=O)N[C@H](c2ccc(-c3ccccc3)cc2)[C@@H]1C(=O)N1CCOCC1. The van der Waals surface area contributed by atoms with Gasteiger partial charge in [0, 0.05) is 18.8 Å². The molecule has 2 saturated heterocycles. The Morgan fingerprint density at radius 1 is 1.00 bits per heavy atom. The zero-order chi connectivity index (χ0) is 19.5. The first-order chi connectivity index (χ1) is 13.6. The number of rotatable bonds is 3. The van der Waals surface area contributed by atoms with Crippen LogP contribution in [0.1, 0.15) is 11.6 Å². The molecule has 2 heterocycles. The molecule has 6 nitrogen and oxygen atoms in total. The summed E-state index contributed by atoms with van der Waals surface area (Å²) in [6, 6.07) is 17.2. The summed E-state index contributed by atoms with van der Waals surface area (Å²) >= 11 is 0. The quantitative estimate of drug-likeness (QED) is 0.864. The second-order valence-electron chi connectivity index (χ2n) is 7.00. The first-order valence-corrected chi connectivity index (χ1v) is 9.42. The first kappa shape index (κ1) is 18.3. The minimum Gasteiger partial charge on any atom is -0.378 e. The lowest BCUT2D eigenvalue weighted by Gasteiger charge is -2.38. The van der Waals surface area contributed by atoms with Gasteiger partial charge in [-0.3, -0.25) is 4.79 Å². The maximum absolute atomic E-state index is 13.2. The van der Waals surface area contributed by atoms with E-state index in [-0.39, 0.29) is 11.9 Å². The van der Waals surface area contributed by atoms with Crippen LogP contribution in [-0.2, 0) is 9.53 Å². The van der Waals surface area contributed by atoms with Crippen molar-refractivity contribution < 1.29 is 14.3 Å². The van der Waals surface area contributed by atoms with Crippen molar-refractivity contribution in [2.45, 2.75) is 6.04 Å². The van der Waals surface area contributed by atoms with E-state index in [1.807, 2.05) is 54.6 Å². The normalized spacial score (nSPS) is 22.4. The van der Waals surface area contributed by atoms with Crippen LogP contribution >= 0.6 is 0 Å². The van der Waals surface area contributed by atoms with Gasteiger partial charge < -0.3 is 20.3 Å². The van der Waals surface area contributed by atoms with Crippen molar-refractivity contribution in [1.29, 1.82) is 0 Å². The molecular formula is C22H23N3O3. The van der Waals surface area contributed by atoms with Gasteiger partial charge in [0.2, 0.25) is 5.91 Å². The van der Waals surface area contributed by atoms with Crippen molar-refractivity contribution in [3.05, 3.63) is 72.4 Å². The summed E-state index contributed by atoms with van der Waals surface area (Å²) in [5, 5.41) is 5.57. The molecule has 2 fully saturated rings. The number of urea groups is 1. The van der Waals surface area contributed by atoms with E-state index in [9.17, 15) is 9.59 Å². The fraction of sp³-hybridized carbons (Fsp3) is 0.273. The van der Waals surface area contributed by atoms with E-state index >= 15 is 0 Å². The van der Waals surface area contributed by atoms with Crippen LogP contribution in [0, 0.1) is 5.92 Å². The van der Waals surface area contributed by atoms with Crippen LogP contribution in [0.2, 0.25) is 0 Å². The van der Waals surface area contributed by atoms with E-state index in [4.69, 9.17) is 4.74 Å². The summed E-state index contributed by atoms with van der Waals surface area (Å²) in [6.45, 7) is 6.11. The number of amides is 3. The minimum absolute atomic E-state index is 0.0436. The predicted octanol–water partition coefficient (Wildman–Crippen LogP) is 2.70. The molecule has 2 aromatic carbocycles. The van der Waals surface area contributed by atoms with Gasteiger partial charge >= 0.3 is 6.03 Å². The first-order valence-electron chi connectivity index (χ1n) is 9.42. The molecule has 0 saturated carbocycles. The Kier molecular flexibility index (Phi) is 5.12. The summed E-state index contributed by atoms with van der Waals surface area (Å²) in [5.74, 6) is -0.601. The van der Waals surface area contributed by atoms with E-state index in [0.29, 0.717) is 32.0 Å². The summed E-state index contributed by atoms with van der Waals surface area (Å²) in [5.41, 5.74) is 3.51. The zero-order valence-corrected chi connectivity index (χ0v) is 15.6. The molecular weight excluding hydrogens is 354 g/mol. The number of morpholine rings is 1. The van der Waals surface area contributed by atoms with Crippen molar-refractivity contribution in [3.8, 4) is 11.1 Å². The molecule has 2 aromatic rings. The highest BCUT2D eigenvalue weighted by Crippen LogP contribution is 2.32. The largest absolute Gasteiger partial charge is 0.378 e. The van der Waals surface area contributed by atoms with Crippen LogP contribution in [0.5, 0.6) is 0 Å².